The summed E-state index contributed by atoms with van der Waals surface area (Å²) in [6.07, 6.45) is -0.174. The summed E-state index contributed by atoms with van der Waals surface area (Å²) in [5.74, 6) is -6.44. The first-order valence-electron chi connectivity index (χ1n) is 4.87. The molecule has 0 spiro atoms. The Bertz CT molecular complexity index is 294. The summed E-state index contributed by atoms with van der Waals surface area (Å²) in [6, 6.07) is 0. The summed E-state index contributed by atoms with van der Waals surface area (Å²) in [5.41, 5.74) is -2.55. The molecule has 3 unspecified atom stereocenters. The highest BCUT2D eigenvalue weighted by molar-refractivity contribution is 5.77. The van der Waals surface area contributed by atoms with Gasteiger partial charge in [0.15, 0.2) is 5.60 Å². The van der Waals surface area contributed by atoms with Crippen molar-refractivity contribution >= 4 is 5.97 Å². The van der Waals surface area contributed by atoms with Gasteiger partial charge in [-0.3, -0.25) is 0 Å². The third-order valence-corrected chi connectivity index (χ3v) is 3.30. The Balaban J connectivity index is 2.29. The molecular formula is C9H12F2O4. The van der Waals surface area contributed by atoms with E-state index in [1.807, 2.05) is 0 Å². The summed E-state index contributed by atoms with van der Waals surface area (Å²) in [7, 11) is 0. The first-order chi connectivity index (χ1) is 6.88. The predicted octanol–water partition coefficient (Wildman–Crippen LogP) is 0.779. The lowest BCUT2D eigenvalue weighted by Crippen LogP contribution is -2.61. The summed E-state index contributed by atoms with van der Waals surface area (Å²) < 4.78 is 31.8. The van der Waals surface area contributed by atoms with E-state index in [1.54, 1.807) is 0 Å². The van der Waals surface area contributed by atoms with Gasteiger partial charge >= 0.3 is 11.9 Å². The van der Waals surface area contributed by atoms with Crippen LogP contribution < -0.4 is 0 Å². The van der Waals surface area contributed by atoms with Crippen LogP contribution in [-0.2, 0) is 9.53 Å². The Morgan fingerprint density at radius 2 is 2.07 bits per heavy atom. The lowest BCUT2D eigenvalue weighted by Gasteiger charge is -2.40. The van der Waals surface area contributed by atoms with E-state index in [2.05, 4.69) is 0 Å². The molecule has 2 saturated heterocycles. The Morgan fingerprint density at radius 1 is 1.40 bits per heavy atom. The average molecular weight is 222 g/mol. The molecule has 2 fully saturated rings. The molecule has 2 aliphatic heterocycles. The smallest absolute Gasteiger partial charge is 0.377 e. The van der Waals surface area contributed by atoms with E-state index < -0.39 is 23.6 Å². The summed E-state index contributed by atoms with van der Waals surface area (Å²) in [4.78, 5) is 10.4. The first-order valence-corrected chi connectivity index (χ1v) is 4.87. The maximum Gasteiger partial charge on any atom is 0.377 e. The molecule has 2 N–H and O–H groups in total. The number of rotatable bonds is 2. The van der Waals surface area contributed by atoms with Crippen LogP contribution in [0.25, 0.3) is 0 Å². The topological polar surface area (TPSA) is 66.8 Å². The van der Waals surface area contributed by atoms with Gasteiger partial charge in [0.25, 0.3) is 0 Å². The van der Waals surface area contributed by atoms with E-state index in [-0.39, 0.29) is 18.9 Å². The summed E-state index contributed by atoms with van der Waals surface area (Å²) in [5, 5.41) is 18.2. The molecule has 6 heteroatoms. The number of carbonyl (C=O) groups is 1. The van der Waals surface area contributed by atoms with Crippen LogP contribution in [-0.4, -0.2) is 39.9 Å². The van der Waals surface area contributed by atoms with Gasteiger partial charge < -0.3 is 14.9 Å². The van der Waals surface area contributed by atoms with Gasteiger partial charge in [-0.25, -0.2) is 4.79 Å². The second kappa shape index (κ2) is 3.12. The van der Waals surface area contributed by atoms with Gasteiger partial charge in [-0.1, -0.05) is 0 Å². The third kappa shape index (κ3) is 1.35. The van der Waals surface area contributed by atoms with Gasteiger partial charge in [-0.05, 0) is 25.7 Å². The number of fused-ring (bicyclic) bond motifs is 2. The number of aliphatic carboxylic acids is 1. The molecular weight excluding hydrogens is 210 g/mol. The van der Waals surface area contributed by atoms with Crippen LogP contribution >= 0.6 is 0 Å². The monoisotopic (exact) mass is 222 g/mol. The summed E-state index contributed by atoms with van der Waals surface area (Å²) >= 11 is 0. The Kier molecular flexibility index (Phi) is 2.24. The fourth-order valence-electron chi connectivity index (χ4n) is 2.36. The van der Waals surface area contributed by atoms with Crippen molar-refractivity contribution in [3.8, 4) is 0 Å². The lowest BCUT2D eigenvalue weighted by molar-refractivity contribution is -0.255. The zero-order valence-electron chi connectivity index (χ0n) is 7.95. The Morgan fingerprint density at radius 3 is 2.67 bits per heavy atom. The Hall–Kier alpha value is -0.750. The minimum Gasteiger partial charge on any atom is -0.477 e. The maximum atomic E-state index is 13.3. The number of ether oxygens (including phenoxy) is 1. The minimum atomic E-state index is -4.15. The second-order valence-corrected chi connectivity index (χ2v) is 4.17. The number of halogens is 2. The molecule has 0 amide bonds. The molecule has 0 aromatic heterocycles. The van der Waals surface area contributed by atoms with E-state index in [4.69, 9.17) is 9.84 Å². The second-order valence-electron chi connectivity index (χ2n) is 4.17. The van der Waals surface area contributed by atoms with Crippen LogP contribution in [0.15, 0.2) is 0 Å². The zero-order valence-corrected chi connectivity index (χ0v) is 7.95. The van der Waals surface area contributed by atoms with Crippen LogP contribution in [0.2, 0.25) is 0 Å². The fraction of sp³-hybridized carbons (Fsp3) is 0.889. The minimum absolute atomic E-state index is 0.0973. The van der Waals surface area contributed by atoms with Gasteiger partial charge in [0.05, 0.1) is 12.2 Å². The highest BCUT2D eigenvalue weighted by atomic mass is 19.3. The molecule has 4 nitrogen and oxygen atoms in total. The molecule has 3 atom stereocenters. The van der Waals surface area contributed by atoms with Crippen LogP contribution in [0, 0.1) is 0 Å². The van der Waals surface area contributed by atoms with E-state index in [1.165, 1.54) is 0 Å². The quantitative estimate of drug-likeness (QED) is 0.724. The molecule has 2 rings (SSSR count). The van der Waals surface area contributed by atoms with Gasteiger partial charge in [0.2, 0.25) is 0 Å². The van der Waals surface area contributed by atoms with E-state index in [0.29, 0.717) is 12.8 Å². The van der Waals surface area contributed by atoms with Crippen molar-refractivity contribution in [2.75, 3.05) is 0 Å². The van der Waals surface area contributed by atoms with Crippen molar-refractivity contribution in [1.82, 2.24) is 0 Å². The molecule has 2 heterocycles. The molecule has 15 heavy (non-hydrogen) atoms. The predicted molar refractivity (Wildman–Crippen MR) is 44.7 cm³/mol. The number of carboxylic acid groups (broad SMARTS) is 1. The van der Waals surface area contributed by atoms with E-state index in [0.717, 1.165) is 0 Å². The van der Waals surface area contributed by atoms with Gasteiger partial charge in [-0.2, -0.15) is 8.78 Å². The van der Waals surface area contributed by atoms with Crippen molar-refractivity contribution in [3.63, 3.8) is 0 Å². The van der Waals surface area contributed by atoms with Crippen LogP contribution in [0.1, 0.15) is 25.7 Å². The number of hydrogen-bond acceptors (Lipinski definition) is 3. The van der Waals surface area contributed by atoms with Crippen LogP contribution in [0.5, 0.6) is 0 Å². The molecule has 0 aromatic rings. The van der Waals surface area contributed by atoms with E-state index >= 15 is 0 Å². The van der Waals surface area contributed by atoms with Crippen molar-refractivity contribution in [3.05, 3.63) is 0 Å². The van der Waals surface area contributed by atoms with Crippen molar-refractivity contribution in [2.45, 2.75) is 49.4 Å². The Labute approximate surface area is 84.8 Å². The first kappa shape index (κ1) is 10.8. The normalized spacial score (nSPS) is 40.5. The highest BCUT2D eigenvalue weighted by Gasteiger charge is 2.65. The molecule has 2 bridgehead atoms. The SMILES string of the molecule is O=C(O)C(F)(F)C1(O)CCC2CCC1O2. The van der Waals surface area contributed by atoms with Gasteiger partial charge in [-0.15, -0.1) is 0 Å². The molecule has 0 aromatic carbocycles. The van der Waals surface area contributed by atoms with Crippen LogP contribution in [0.4, 0.5) is 8.78 Å². The zero-order chi connectivity index (χ0) is 11.3. The molecule has 0 saturated carbocycles. The number of alkyl halides is 2. The number of hydrogen-bond donors (Lipinski definition) is 2. The average Bonchev–Trinajstić information content (AvgIpc) is 2.56. The third-order valence-electron chi connectivity index (χ3n) is 3.30. The largest absolute Gasteiger partial charge is 0.477 e. The van der Waals surface area contributed by atoms with Crippen molar-refractivity contribution < 1.29 is 28.5 Å². The maximum absolute atomic E-state index is 13.3. The number of aliphatic hydroxyl groups is 1. The van der Waals surface area contributed by atoms with Gasteiger partial charge in [0.1, 0.15) is 0 Å². The molecule has 2 aliphatic rings. The molecule has 86 valence electrons. The van der Waals surface area contributed by atoms with Gasteiger partial charge in [0, 0.05) is 0 Å². The highest BCUT2D eigenvalue weighted by Crippen LogP contribution is 2.46. The molecule has 0 radical (unpaired) electrons. The van der Waals surface area contributed by atoms with Crippen LogP contribution in [0.3, 0.4) is 0 Å². The van der Waals surface area contributed by atoms with Crippen molar-refractivity contribution in [2.24, 2.45) is 0 Å². The van der Waals surface area contributed by atoms with E-state index in [9.17, 15) is 18.7 Å². The lowest BCUT2D eigenvalue weighted by atomic mass is 9.83. The number of carboxylic acids is 1. The summed E-state index contributed by atoms with van der Waals surface area (Å²) in [6.45, 7) is 0. The fourth-order valence-corrected chi connectivity index (χ4v) is 2.36. The van der Waals surface area contributed by atoms with Crippen molar-refractivity contribution in [1.29, 1.82) is 0 Å². The standard InChI is InChI=1S/C9H12F2O4/c10-9(11,7(12)13)8(14)4-3-5-1-2-6(8)15-5/h5-6,14H,1-4H2,(H,12,13). The molecule has 0 aliphatic carbocycles.